The maximum atomic E-state index is 9.48. The van der Waals surface area contributed by atoms with Gasteiger partial charge in [-0.1, -0.05) is 26.7 Å². The summed E-state index contributed by atoms with van der Waals surface area (Å²) in [7, 11) is 0. The molecule has 1 aliphatic heterocycles. The van der Waals surface area contributed by atoms with Gasteiger partial charge in [-0.15, -0.1) is 0 Å². The second kappa shape index (κ2) is 5.91. The first-order chi connectivity index (χ1) is 9.10. The lowest BCUT2D eigenvalue weighted by molar-refractivity contribution is 0.194. The molecule has 1 aromatic heterocycles. The van der Waals surface area contributed by atoms with Crippen molar-refractivity contribution in [2.45, 2.75) is 52.6 Å². The van der Waals surface area contributed by atoms with Gasteiger partial charge in [0.05, 0.1) is 23.7 Å². The quantitative estimate of drug-likeness (QED) is 0.901. The summed E-state index contributed by atoms with van der Waals surface area (Å²) in [5.41, 5.74) is 2.49. The van der Waals surface area contributed by atoms with Crippen molar-refractivity contribution < 1.29 is 5.11 Å². The zero-order valence-electron chi connectivity index (χ0n) is 12.4. The van der Waals surface area contributed by atoms with Crippen LogP contribution < -0.4 is 4.90 Å². The predicted molar refractivity (Wildman–Crippen MR) is 79.3 cm³/mol. The molecule has 0 spiro atoms. The number of aliphatic hydroxyl groups is 1. The summed E-state index contributed by atoms with van der Waals surface area (Å²) in [6, 6.07) is 4.02. The zero-order valence-corrected chi connectivity index (χ0v) is 12.4. The molecule has 0 bridgehead atoms. The number of pyridine rings is 1. The molecule has 3 nitrogen and oxygen atoms in total. The van der Waals surface area contributed by atoms with E-state index in [1.165, 1.54) is 31.4 Å². The van der Waals surface area contributed by atoms with Gasteiger partial charge in [0.15, 0.2) is 0 Å². The van der Waals surface area contributed by atoms with E-state index in [4.69, 9.17) is 0 Å². The number of rotatable bonds is 4. The van der Waals surface area contributed by atoms with Gasteiger partial charge in [-0.2, -0.15) is 0 Å². The van der Waals surface area contributed by atoms with E-state index in [1.54, 1.807) is 6.92 Å². The van der Waals surface area contributed by atoms with E-state index in [-0.39, 0.29) is 0 Å². The van der Waals surface area contributed by atoms with Crippen LogP contribution in [0.1, 0.15) is 58.3 Å². The second-order valence-corrected chi connectivity index (χ2v) is 5.81. The molecule has 1 N–H and O–H groups in total. The van der Waals surface area contributed by atoms with Crippen LogP contribution in [0.4, 0.5) is 5.69 Å². The number of aliphatic hydroxyl groups excluding tert-OH is 1. The summed E-state index contributed by atoms with van der Waals surface area (Å²) in [5, 5.41) is 9.48. The number of hydrogen-bond donors (Lipinski definition) is 1. The third-order valence-electron chi connectivity index (χ3n) is 4.89. The molecule has 0 aliphatic carbocycles. The fourth-order valence-electron chi connectivity index (χ4n) is 3.03. The molecular weight excluding hydrogens is 236 g/mol. The van der Waals surface area contributed by atoms with E-state index >= 15 is 0 Å². The standard InChI is InChI=1S/C16H26N2O/c1-4-16(5-2)8-10-18(11-9-16)14-6-7-15(13(3)19)17-12-14/h6-7,12-13,19H,4-5,8-11H2,1-3H3/t13-/m0/s1. The summed E-state index contributed by atoms with van der Waals surface area (Å²) in [5.74, 6) is 0. The molecule has 3 heteroatoms. The average molecular weight is 262 g/mol. The van der Waals surface area contributed by atoms with Gasteiger partial charge in [-0.25, -0.2) is 0 Å². The Bertz CT molecular complexity index is 386. The Kier molecular flexibility index (Phi) is 4.46. The third kappa shape index (κ3) is 3.08. The van der Waals surface area contributed by atoms with Crippen LogP contribution in [0.25, 0.3) is 0 Å². The van der Waals surface area contributed by atoms with E-state index in [0.717, 1.165) is 18.8 Å². The van der Waals surface area contributed by atoms with Crippen LogP contribution in [-0.4, -0.2) is 23.2 Å². The Hall–Kier alpha value is -1.09. The Morgan fingerprint density at radius 2 is 1.89 bits per heavy atom. The number of anilines is 1. The van der Waals surface area contributed by atoms with Gasteiger partial charge in [-0.3, -0.25) is 4.98 Å². The monoisotopic (exact) mass is 262 g/mol. The number of nitrogens with zero attached hydrogens (tertiary/aromatic N) is 2. The highest BCUT2D eigenvalue weighted by molar-refractivity contribution is 5.45. The summed E-state index contributed by atoms with van der Waals surface area (Å²) >= 11 is 0. The Labute approximate surface area is 116 Å². The molecule has 0 unspecified atom stereocenters. The number of piperidine rings is 1. The highest BCUT2D eigenvalue weighted by Crippen LogP contribution is 2.38. The summed E-state index contributed by atoms with van der Waals surface area (Å²) in [6.45, 7) is 8.63. The third-order valence-corrected chi connectivity index (χ3v) is 4.89. The molecule has 106 valence electrons. The van der Waals surface area contributed by atoms with Gasteiger partial charge in [0.1, 0.15) is 0 Å². The predicted octanol–water partition coefficient (Wildman–Crippen LogP) is 3.54. The minimum atomic E-state index is -0.483. The smallest absolute Gasteiger partial charge is 0.0931 e. The Balaban J connectivity index is 2.01. The topological polar surface area (TPSA) is 36.4 Å². The highest BCUT2D eigenvalue weighted by Gasteiger charge is 2.31. The minimum absolute atomic E-state index is 0.483. The lowest BCUT2D eigenvalue weighted by Gasteiger charge is -2.41. The van der Waals surface area contributed by atoms with Gasteiger partial charge in [0.25, 0.3) is 0 Å². The summed E-state index contributed by atoms with van der Waals surface area (Å²) in [4.78, 5) is 6.76. The van der Waals surface area contributed by atoms with Crippen molar-refractivity contribution >= 4 is 5.69 Å². The van der Waals surface area contributed by atoms with Gasteiger partial charge >= 0.3 is 0 Å². The maximum absolute atomic E-state index is 9.48. The van der Waals surface area contributed by atoms with E-state index in [1.807, 2.05) is 12.3 Å². The lowest BCUT2D eigenvalue weighted by Crippen LogP contribution is -2.39. The van der Waals surface area contributed by atoms with Crippen molar-refractivity contribution in [2.24, 2.45) is 5.41 Å². The molecule has 1 aromatic rings. The van der Waals surface area contributed by atoms with Crippen LogP contribution in [0.2, 0.25) is 0 Å². The first-order valence-corrected chi connectivity index (χ1v) is 7.49. The van der Waals surface area contributed by atoms with Gasteiger partial charge < -0.3 is 10.0 Å². The summed E-state index contributed by atoms with van der Waals surface area (Å²) < 4.78 is 0. The Morgan fingerprint density at radius 1 is 1.26 bits per heavy atom. The highest BCUT2D eigenvalue weighted by atomic mass is 16.3. The van der Waals surface area contributed by atoms with E-state index < -0.39 is 6.10 Å². The molecular formula is C16H26N2O. The van der Waals surface area contributed by atoms with Gasteiger partial charge in [0.2, 0.25) is 0 Å². The molecule has 0 aromatic carbocycles. The molecule has 2 rings (SSSR count). The lowest BCUT2D eigenvalue weighted by atomic mass is 9.74. The molecule has 1 atom stereocenters. The van der Waals surface area contributed by atoms with Gasteiger partial charge in [0, 0.05) is 13.1 Å². The van der Waals surface area contributed by atoms with E-state index in [9.17, 15) is 5.11 Å². The zero-order chi connectivity index (χ0) is 13.9. The average Bonchev–Trinajstić information content (AvgIpc) is 2.47. The molecule has 1 fully saturated rings. The molecule has 0 radical (unpaired) electrons. The van der Waals surface area contributed by atoms with E-state index in [0.29, 0.717) is 5.41 Å². The second-order valence-electron chi connectivity index (χ2n) is 5.81. The largest absolute Gasteiger partial charge is 0.387 e. The van der Waals surface area contributed by atoms with Crippen molar-refractivity contribution in [1.29, 1.82) is 0 Å². The van der Waals surface area contributed by atoms with Crippen LogP contribution >= 0.6 is 0 Å². The summed E-state index contributed by atoms with van der Waals surface area (Å²) in [6.07, 6.45) is 6.54. The fourth-order valence-corrected chi connectivity index (χ4v) is 3.03. The first kappa shape index (κ1) is 14.3. The number of aromatic nitrogens is 1. The molecule has 0 amide bonds. The maximum Gasteiger partial charge on any atom is 0.0931 e. The number of hydrogen-bond acceptors (Lipinski definition) is 3. The Morgan fingerprint density at radius 3 is 2.32 bits per heavy atom. The van der Waals surface area contributed by atoms with E-state index in [2.05, 4.69) is 29.8 Å². The minimum Gasteiger partial charge on any atom is -0.387 e. The molecule has 1 aliphatic rings. The molecule has 19 heavy (non-hydrogen) atoms. The van der Waals surface area contributed by atoms with Gasteiger partial charge in [-0.05, 0) is 37.3 Å². The van der Waals surface area contributed by atoms with Crippen molar-refractivity contribution in [2.75, 3.05) is 18.0 Å². The van der Waals surface area contributed by atoms with Crippen LogP contribution in [0.15, 0.2) is 18.3 Å². The van der Waals surface area contributed by atoms with Crippen LogP contribution in [-0.2, 0) is 0 Å². The van der Waals surface area contributed by atoms with Crippen molar-refractivity contribution in [3.8, 4) is 0 Å². The van der Waals surface area contributed by atoms with Crippen LogP contribution in [0, 0.1) is 5.41 Å². The van der Waals surface area contributed by atoms with Crippen molar-refractivity contribution in [3.63, 3.8) is 0 Å². The molecule has 1 saturated heterocycles. The van der Waals surface area contributed by atoms with Crippen LogP contribution in [0.5, 0.6) is 0 Å². The SMILES string of the molecule is CCC1(CC)CCN(c2ccc([C@H](C)O)nc2)CC1. The molecule has 0 saturated carbocycles. The van der Waals surface area contributed by atoms with Crippen molar-refractivity contribution in [3.05, 3.63) is 24.0 Å². The molecule has 2 heterocycles. The first-order valence-electron chi connectivity index (χ1n) is 7.49. The normalized spacial score (nSPS) is 20.3. The van der Waals surface area contributed by atoms with Crippen LogP contribution in [0.3, 0.4) is 0 Å². The fraction of sp³-hybridized carbons (Fsp3) is 0.688. The van der Waals surface area contributed by atoms with Crippen molar-refractivity contribution in [1.82, 2.24) is 4.98 Å².